The van der Waals surface area contributed by atoms with Crippen LogP contribution in [0.25, 0.3) is 0 Å². The number of carbonyl (C=O) groups is 3. The Morgan fingerprint density at radius 1 is 1.09 bits per heavy atom. The molecule has 1 spiro atoms. The van der Waals surface area contributed by atoms with Gasteiger partial charge in [0.2, 0.25) is 5.91 Å². The number of benzene rings is 1. The van der Waals surface area contributed by atoms with Crippen LogP contribution >= 0.6 is 0 Å². The lowest BCUT2D eigenvalue weighted by Crippen LogP contribution is -2.61. The summed E-state index contributed by atoms with van der Waals surface area (Å²) in [5.74, 6) is -0.548. The van der Waals surface area contributed by atoms with Crippen LogP contribution in [0.1, 0.15) is 69.7 Å². The Hall–Kier alpha value is -3.87. The average molecular weight is 638 g/mol. The lowest BCUT2D eigenvalue weighted by molar-refractivity contribution is -0.154. The number of piperidine rings is 2. The fourth-order valence-corrected chi connectivity index (χ4v) is 7.37. The molecule has 4 aliphatic rings. The molecule has 1 N–H and O–H groups in total. The normalized spacial score (nSPS) is 20.8. The molecule has 3 saturated heterocycles. The van der Waals surface area contributed by atoms with Crippen molar-refractivity contribution in [2.75, 3.05) is 57.3 Å². The van der Waals surface area contributed by atoms with E-state index in [1.165, 1.54) is 24.5 Å². The molecular formula is C33H44FN7O5. The lowest BCUT2D eigenvalue weighted by Gasteiger charge is -2.54. The molecule has 0 atom stereocenters. The van der Waals surface area contributed by atoms with Crippen molar-refractivity contribution in [3.63, 3.8) is 0 Å². The largest absolute Gasteiger partial charge is 0.480 e. The lowest BCUT2D eigenvalue weighted by atomic mass is 9.72. The maximum absolute atomic E-state index is 14.2. The molecule has 12 nitrogen and oxygen atoms in total. The molecule has 3 aliphatic heterocycles. The molecule has 0 unspecified atom stereocenters. The van der Waals surface area contributed by atoms with E-state index in [4.69, 9.17) is 4.74 Å². The number of halogens is 1. The molecule has 1 saturated carbocycles. The van der Waals surface area contributed by atoms with E-state index in [-0.39, 0.29) is 40.5 Å². The summed E-state index contributed by atoms with van der Waals surface area (Å²) in [7, 11) is 0. The zero-order chi connectivity index (χ0) is 32.6. The molecule has 6 rings (SSSR count). The van der Waals surface area contributed by atoms with Crippen molar-refractivity contribution >= 4 is 23.6 Å². The third-order valence-electron chi connectivity index (χ3n) is 10.4. The Morgan fingerprint density at radius 3 is 2.39 bits per heavy atom. The quantitative estimate of drug-likeness (QED) is 0.385. The van der Waals surface area contributed by atoms with Gasteiger partial charge >= 0.3 is 5.97 Å². The zero-order valence-electron chi connectivity index (χ0n) is 27.0. The number of hydrogen-bond donors (Lipinski definition) is 1. The van der Waals surface area contributed by atoms with E-state index in [1.54, 1.807) is 9.80 Å². The predicted octanol–water partition coefficient (Wildman–Crippen LogP) is 3.68. The summed E-state index contributed by atoms with van der Waals surface area (Å²) in [5, 5.41) is 17.6. The first-order valence-corrected chi connectivity index (χ1v) is 16.5. The van der Waals surface area contributed by atoms with Crippen molar-refractivity contribution in [2.45, 2.75) is 65.3 Å². The van der Waals surface area contributed by atoms with Crippen molar-refractivity contribution in [3.8, 4) is 11.6 Å². The maximum Gasteiger partial charge on any atom is 0.319 e. The van der Waals surface area contributed by atoms with Crippen LogP contribution in [0.3, 0.4) is 0 Å². The van der Waals surface area contributed by atoms with Crippen LogP contribution in [-0.4, -0.2) is 111 Å². The van der Waals surface area contributed by atoms with Gasteiger partial charge in [0.1, 0.15) is 23.3 Å². The van der Waals surface area contributed by atoms with Crippen molar-refractivity contribution in [1.82, 2.24) is 29.9 Å². The van der Waals surface area contributed by atoms with Gasteiger partial charge in [-0.2, -0.15) is 0 Å². The van der Waals surface area contributed by atoms with Gasteiger partial charge in [-0.1, -0.05) is 0 Å². The van der Waals surface area contributed by atoms with Crippen molar-refractivity contribution in [2.24, 2.45) is 16.7 Å². The van der Waals surface area contributed by atoms with Crippen molar-refractivity contribution in [3.05, 3.63) is 35.9 Å². The van der Waals surface area contributed by atoms with Gasteiger partial charge < -0.3 is 29.4 Å². The summed E-state index contributed by atoms with van der Waals surface area (Å²) in [6.07, 6.45) is 6.26. The molecule has 0 bridgehead atoms. The molecule has 248 valence electrons. The summed E-state index contributed by atoms with van der Waals surface area (Å²) >= 11 is 0. The minimum absolute atomic E-state index is 0.0601. The highest BCUT2D eigenvalue weighted by Gasteiger charge is 2.58. The highest BCUT2D eigenvalue weighted by atomic mass is 19.1. The number of aromatic nitrogens is 3. The number of hydrogen-bond acceptors (Lipinski definition) is 9. The van der Waals surface area contributed by atoms with Crippen LogP contribution in [0, 0.1) is 22.6 Å². The summed E-state index contributed by atoms with van der Waals surface area (Å²) < 4.78 is 20.4. The second-order valence-electron chi connectivity index (χ2n) is 13.8. The maximum atomic E-state index is 14.2. The number of nitrogens with zero attached hydrogens (tertiary/aromatic N) is 7. The van der Waals surface area contributed by atoms with E-state index in [0.717, 1.165) is 58.4 Å². The first-order chi connectivity index (χ1) is 22.0. The number of anilines is 1. The first-order valence-electron chi connectivity index (χ1n) is 16.5. The second-order valence-corrected chi connectivity index (χ2v) is 13.8. The van der Waals surface area contributed by atoms with Gasteiger partial charge in [-0.15, -0.1) is 10.2 Å². The Balaban J connectivity index is 1.02. The van der Waals surface area contributed by atoms with E-state index in [1.807, 2.05) is 20.8 Å². The van der Waals surface area contributed by atoms with Gasteiger partial charge in [0.25, 0.3) is 11.8 Å². The van der Waals surface area contributed by atoms with Crippen LogP contribution in [0.15, 0.2) is 24.5 Å². The molecule has 46 heavy (non-hydrogen) atoms. The van der Waals surface area contributed by atoms with Gasteiger partial charge in [0.15, 0.2) is 5.82 Å². The van der Waals surface area contributed by atoms with Crippen LogP contribution < -0.4 is 9.64 Å². The Kier molecular flexibility index (Phi) is 8.88. The Morgan fingerprint density at radius 2 is 1.78 bits per heavy atom. The second kappa shape index (κ2) is 12.7. The van der Waals surface area contributed by atoms with E-state index in [2.05, 4.69) is 25.0 Å². The van der Waals surface area contributed by atoms with Crippen LogP contribution in [-0.2, 0) is 9.59 Å². The average Bonchev–Trinajstić information content (AvgIpc) is 3.84. The molecule has 2 aromatic rings. The first kappa shape index (κ1) is 32.1. The number of likely N-dealkylation sites (tertiary alicyclic amines) is 2. The topological polar surface area (TPSA) is 132 Å². The standard InChI is InChI=1S/C33H44FN7O5/c1-4-41(22(2)3)29(42)25-17-24(34)5-6-26(25)46-28-27(35-21-36-37-28)40-19-32(20-40)11-15-38(16-12-32)18-23-7-13-39(14-8-23)30(43)33(9-10-33)31(44)45/h5-6,17,21-23H,4,7-16,18-20H2,1-3H3,(H,44,45). The third kappa shape index (κ3) is 6.25. The number of carbonyl (C=O) groups excluding carboxylic acids is 2. The molecule has 1 aromatic heterocycles. The summed E-state index contributed by atoms with van der Waals surface area (Å²) in [6, 6.07) is 3.85. The summed E-state index contributed by atoms with van der Waals surface area (Å²) in [5.41, 5.74) is -0.837. The minimum atomic E-state index is -1.15. The zero-order valence-corrected chi connectivity index (χ0v) is 27.0. The monoisotopic (exact) mass is 637 g/mol. The smallest absolute Gasteiger partial charge is 0.319 e. The highest BCUT2D eigenvalue weighted by molar-refractivity contribution is 6.04. The number of rotatable bonds is 10. The van der Waals surface area contributed by atoms with Crippen molar-refractivity contribution < 1.29 is 28.6 Å². The van der Waals surface area contributed by atoms with Crippen LogP contribution in [0.2, 0.25) is 0 Å². The molecule has 4 heterocycles. The molecule has 2 amide bonds. The Labute approximate surface area is 268 Å². The molecule has 1 aliphatic carbocycles. The van der Waals surface area contributed by atoms with E-state index in [9.17, 15) is 23.9 Å². The number of amides is 2. The fraction of sp³-hybridized carbons (Fsp3) is 0.636. The highest BCUT2D eigenvalue weighted by Crippen LogP contribution is 2.48. The Bertz CT molecular complexity index is 1460. The van der Waals surface area contributed by atoms with Gasteiger partial charge in [0.05, 0.1) is 5.56 Å². The summed E-state index contributed by atoms with van der Waals surface area (Å²) in [4.78, 5) is 50.2. The third-order valence-corrected chi connectivity index (χ3v) is 10.4. The fourth-order valence-electron chi connectivity index (χ4n) is 7.37. The van der Waals surface area contributed by atoms with Crippen LogP contribution in [0.4, 0.5) is 10.2 Å². The number of aliphatic carboxylic acids is 1. The number of carboxylic acids is 1. The molecule has 4 fully saturated rings. The molecule has 1 aromatic carbocycles. The van der Waals surface area contributed by atoms with Gasteiger partial charge in [-0.3, -0.25) is 14.4 Å². The van der Waals surface area contributed by atoms with Gasteiger partial charge in [0, 0.05) is 50.7 Å². The van der Waals surface area contributed by atoms with Crippen molar-refractivity contribution in [1.29, 1.82) is 0 Å². The molecule has 13 heteroatoms. The van der Waals surface area contributed by atoms with Gasteiger partial charge in [-0.05, 0) is 96.5 Å². The predicted molar refractivity (Wildman–Crippen MR) is 167 cm³/mol. The van der Waals surface area contributed by atoms with E-state index < -0.39 is 17.2 Å². The van der Waals surface area contributed by atoms with Gasteiger partial charge in [-0.25, -0.2) is 9.37 Å². The van der Waals surface area contributed by atoms with E-state index in [0.29, 0.717) is 44.2 Å². The van der Waals surface area contributed by atoms with E-state index >= 15 is 0 Å². The number of carboxylic acid groups (broad SMARTS) is 1. The number of ether oxygens (including phenoxy) is 1. The molecular weight excluding hydrogens is 593 g/mol. The minimum Gasteiger partial charge on any atom is -0.480 e. The summed E-state index contributed by atoms with van der Waals surface area (Å²) in [6.45, 7) is 12.1. The molecule has 0 radical (unpaired) electrons. The SMILES string of the molecule is CCN(C(=O)c1cc(F)ccc1Oc1nncnc1N1CC2(CCN(CC3CCN(C(=O)C4(C(=O)O)CC4)CC3)CC2)C1)C(C)C. The van der Waals surface area contributed by atoms with Crippen LogP contribution in [0.5, 0.6) is 11.6 Å².